The lowest BCUT2D eigenvalue weighted by Gasteiger charge is -2.30. The molecule has 15 heavy (non-hydrogen) atoms. The van der Waals surface area contributed by atoms with E-state index in [0.29, 0.717) is 12.0 Å². The van der Waals surface area contributed by atoms with Crippen LogP contribution in [0.4, 0.5) is 14.7 Å². The van der Waals surface area contributed by atoms with E-state index in [9.17, 15) is 8.78 Å². The first-order valence-electron chi connectivity index (χ1n) is 4.85. The molecule has 0 aromatic carbocycles. The van der Waals surface area contributed by atoms with Crippen molar-refractivity contribution in [2.75, 3.05) is 24.5 Å². The molecule has 5 nitrogen and oxygen atoms in total. The Labute approximate surface area is 85.9 Å². The average molecular weight is 217 g/mol. The summed E-state index contributed by atoms with van der Waals surface area (Å²) in [5.74, 6) is -0.00478. The first-order valence-corrected chi connectivity index (χ1v) is 4.85. The Bertz CT molecular complexity index is 327. The molecule has 1 atom stereocenters. The molecule has 7 heteroatoms. The van der Waals surface area contributed by atoms with Gasteiger partial charge in [0, 0.05) is 25.7 Å². The highest BCUT2D eigenvalue weighted by atomic mass is 19.3. The second kappa shape index (κ2) is 4.09. The summed E-state index contributed by atoms with van der Waals surface area (Å²) in [5.41, 5.74) is 0. The number of hydrogen-bond donors (Lipinski definition) is 2. The summed E-state index contributed by atoms with van der Waals surface area (Å²) in [6.07, 6.45) is -2.59. The maximum Gasteiger partial charge on any atom is 0.296 e. The molecule has 0 spiro atoms. The van der Waals surface area contributed by atoms with Gasteiger partial charge in [0.15, 0.2) is 5.82 Å². The Balaban J connectivity index is 2.08. The van der Waals surface area contributed by atoms with Crippen LogP contribution >= 0.6 is 0 Å². The number of H-pyrrole nitrogens is 1. The number of anilines is 1. The van der Waals surface area contributed by atoms with Crippen molar-refractivity contribution in [2.45, 2.75) is 19.4 Å². The number of halogens is 2. The molecule has 1 saturated heterocycles. The molecule has 2 N–H and O–H groups in total. The van der Waals surface area contributed by atoms with Gasteiger partial charge in [-0.2, -0.15) is 4.98 Å². The van der Waals surface area contributed by atoms with Crippen molar-refractivity contribution in [3.05, 3.63) is 5.82 Å². The minimum absolute atomic E-state index is 0.326. The van der Waals surface area contributed by atoms with Crippen LogP contribution in [0.1, 0.15) is 19.2 Å². The molecule has 0 aliphatic carbocycles. The molecule has 1 aliphatic rings. The highest BCUT2D eigenvalue weighted by Crippen LogP contribution is 2.17. The van der Waals surface area contributed by atoms with Gasteiger partial charge >= 0.3 is 0 Å². The largest absolute Gasteiger partial charge is 0.337 e. The molecular weight excluding hydrogens is 204 g/mol. The minimum atomic E-state index is -2.59. The van der Waals surface area contributed by atoms with Crippen LogP contribution in [0.15, 0.2) is 0 Å². The fraction of sp³-hybridized carbons (Fsp3) is 0.750. The van der Waals surface area contributed by atoms with E-state index in [1.54, 1.807) is 0 Å². The first kappa shape index (κ1) is 10.3. The molecule has 0 saturated carbocycles. The van der Waals surface area contributed by atoms with E-state index in [2.05, 4.69) is 20.5 Å². The second-order valence-corrected chi connectivity index (χ2v) is 3.62. The summed E-state index contributed by atoms with van der Waals surface area (Å²) in [6, 6.07) is 0.326. The molecule has 2 rings (SSSR count). The SMILES string of the molecule is C[C@@H]1CN(c2n[nH]c(C(F)F)n2)CCN1. The smallest absolute Gasteiger partial charge is 0.296 e. The molecular formula is C8H13F2N5. The first-order chi connectivity index (χ1) is 7.16. The van der Waals surface area contributed by atoms with Crippen molar-refractivity contribution in [1.29, 1.82) is 0 Å². The molecule has 1 aromatic heterocycles. The lowest BCUT2D eigenvalue weighted by Crippen LogP contribution is -2.49. The van der Waals surface area contributed by atoms with Gasteiger partial charge in [0.25, 0.3) is 6.43 Å². The molecule has 1 fully saturated rings. The highest BCUT2D eigenvalue weighted by Gasteiger charge is 2.21. The van der Waals surface area contributed by atoms with Crippen molar-refractivity contribution >= 4 is 5.95 Å². The summed E-state index contributed by atoms with van der Waals surface area (Å²) >= 11 is 0. The van der Waals surface area contributed by atoms with Crippen molar-refractivity contribution in [3.63, 3.8) is 0 Å². The van der Waals surface area contributed by atoms with E-state index in [0.717, 1.165) is 19.6 Å². The molecule has 1 aromatic rings. The van der Waals surface area contributed by atoms with Crippen molar-refractivity contribution < 1.29 is 8.78 Å². The van der Waals surface area contributed by atoms with Crippen LogP contribution < -0.4 is 10.2 Å². The Hall–Kier alpha value is -1.24. The fourth-order valence-corrected chi connectivity index (χ4v) is 1.62. The molecule has 0 amide bonds. The standard InChI is InChI=1S/C8H13F2N5/c1-5-4-15(3-2-11-5)8-12-7(6(9)10)13-14-8/h5-6,11H,2-4H2,1H3,(H,12,13,14)/t5-/m1/s1. The predicted octanol–water partition coefficient (Wildman–Crippen LogP) is 0.540. The highest BCUT2D eigenvalue weighted by molar-refractivity contribution is 5.30. The van der Waals surface area contributed by atoms with Crippen molar-refractivity contribution in [3.8, 4) is 0 Å². The Morgan fingerprint density at radius 3 is 2.93 bits per heavy atom. The van der Waals surface area contributed by atoms with E-state index < -0.39 is 6.43 Å². The number of alkyl halides is 2. The monoisotopic (exact) mass is 217 g/mol. The van der Waals surface area contributed by atoms with Crippen LogP contribution in [0.3, 0.4) is 0 Å². The molecule has 1 aliphatic heterocycles. The van der Waals surface area contributed by atoms with Crippen molar-refractivity contribution in [2.24, 2.45) is 0 Å². The van der Waals surface area contributed by atoms with E-state index in [4.69, 9.17) is 0 Å². The maximum atomic E-state index is 12.3. The molecule has 0 bridgehead atoms. The predicted molar refractivity (Wildman–Crippen MR) is 51.0 cm³/mol. The Kier molecular flexibility index (Phi) is 2.81. The van der Waals surface area contributed by atoms with E-state index >= 15 is 0 Å². The van der Waals surface area contributed by atoms with Gasteiger partial charge in [0.2, 0.25) is 5.95 Å². The van der Waals surface area contributed by atoms with Gasteiger partial charge in [-0.15, -0.1) is 5.10 Å². The van der Waals surface area contributed by atoms with Gasteiger partial charge in [0.05, 0.1) is 0 Å². The summed E-state index contributed by atoms with van der Waals surface area (Å²) < 4.78 is 24.5. The lowest BCUT2D eigenvalue weighted by molar-refractivity contribution is 0.141. The quantitative estimate of drug-likeness (QED) is 0.759. The zero-order chi connectivity index (χ0) is 10.8. The van der Waals surface area contributed by atoms with Gasteiger partial charge in [-0.1, -0.05) is 0 Å². The average Bonchev–Trinajstić information content (AvgIpc) is 2.66. The number of nitrogens with zero attached hydrogens (tertiary/aromatic N) is 3. The number of piperazine rings is 1. The van der Waals surface area contributed by atoms with Gasteiger partial charge in [-0.25, -0.2) is 8.78 Å². The topological polar surface area (TPSA) is 56.8 Å². The van der Waals surface area contributed by atoms with Gasteiger partial charge < -0.3 is 10.2 Å². The van der Waals surface area contributed by atoms with Crippen LogP contribution in [0, 0.1) is 0 Å². The van der Waals surface area contributed by atoms with Crippen molar-refractivity contribution in [1.82, 2.24) is 20.5 Å². The minimum Gasteiger partial charge on any atom is -0.337 e. The number of hydrogen-bond acceptors (Lipinski definition) is 4. The van der Waals surface area contributed by atoms with Crippen LogP contribution in [0.2, 0.25) is 0 Å². The van der Waals surface area contributed by atoms with Crippen LogP contribution in [0.25, 0.3) is 0 Å². The summed E-state index contributed by atoms with van der Waals surface area (Å²) in [6.45, 7) is 4.33. The summed E-state index contributed by atoms with van der Waals surface area (Å²) in [7, 11) is 0. The Morgan fingerprint density at radius 2 is 2.33 bits per heavy atom. The van der Waals surface area contributed by atoms with Gasteiger partial charge in [0.1, 0.15) is 0 Å². The van der Waals surface area contributed by atoms with E-state index in [1.807, 2.05) is 11.8 Å². The Morgan fingerprint density at radius 1 is 1.53 bits per heavy atom. The van der Waals surface area contributed by atoms with Gasteiger partial charge in [-0.3, -0.25) is 5.10 Å². The molecule has 2 heterocycles. The third kappa shape index (κ3) is 2.23. The lowest BCUT2D eigenvalue weighted by atomic mass is 10.2. The third-order valence-corrected chi connectivity index (χ3v) is 2.35. The van der Waals surface area contributed by atoms with E-state index in [-0.39, 0.29) is 5.82 Å². The number of aromatic amines is 1. The molecule has 84 valence electrons. The maximum absolute atomic E-state index is 12.3. The third-order valence-electron chi connectivity index (χ3n) is 2.35. The summed E-state index contributed by atoms with van der Waals surface area (Å²) in [5, 5.41) is 9.28. The zero-order valence-corrected chi connectivity index (χ0v) is 8.37. The van der Waals surface area contributed by atoms with Crippen LogP contribution in [-0.4, -0.2) is 40.9 Å². The van der Waals surface area contributed by atoms with E-state index in [1.165, 1.54) is 0 Å². The number of rotatable bonds is 2. The summed E-state index contributed by atoms with van der Waals surface area (Å²) in [4.78, 5) is 5.64. The normalized spacial score (nSPS) is 22.4. The van der Waals surface area contributed by atoms with Crippen LogP contribution in [-0.2, 0) is 0 Å². The molecule has 0 radical (unpaired) electrons. The number of aromatic nitrogens is 3. The number of nitrogens with one attached hydrogen (secondary N) is 2. The van der Waals surface area contributed by atoms with Gasteiger partial charge in [-0.05, 0) is 6.92 Å². The second-order valence-electron chi connectivity index (χ2n) is 3.62. The zero-order valence-electron chi connectivity index (χ0n) is 8.37. The van der Waals surface area contributed by atoms with Crippen LogP contribution in [0.5, 0.6) is 0 Å². The fourth-order valence-electron chi connectivity index (χ4n) is 1.62. The molecule has 0 unspecified atom stereocenters.